The number of halogens is 2. The third kappa shape index (κ3) is 5.69. The molecule has 0 spiro atoms. The van der Waals surface area contributed by atoms with Gasteiger partial charge in [-0.2, -0.15) is 0 Å². The number of carbonyl (C=O) groups excluding carboxylic acids is 3. The molecule has 1 aliphatic rings. The number of urea groups is 1. The second-order valence-electron chi connectivity index (χ2n) is 8.34. The van der Waals surface area contributed by atoms with Crippen molar-refractivity contribution in [2.45, 2.75) is 18.9 Å². The first kappa shape index (κ1) is 25.6. The van der Waals surface area contributed by atoms with Gasteiger partial charge in [-0.3, -0.25) is 9.59 Å². The van der Waals surface area contributed by atoms with Gasteiger partial charge in [-0.15, -0.1) is 0 Å². The summed E-state index contributed by atoms with van der Waals surface area (Å²) in [5.74, 6) is -1.01. The number of methoxy groups -OCH3 is 2. The Labute approximate surface area is 212 Å². The van der Waals surface area contributed by atoms with E-state index in [1.807, 2.05) is 6.07 Å². The van der Waals surface area contributed by atoms with Crippen LogP contribution in [0.2, 0.25) is 0 Å². The number of imide groups is 1. The lowest BCUT2D eigenvalue weighted by molar-refractivity contribution is -0.124. The Kier molecular flexibility index (Phi) is 7.66. The lowest BCUT2D eigenvalue weighted by Gasteiger charge is -2.22. The monoisotopic (exact) mass is 509 g/mol. The molecule has 3 aromatic carbocycles. The van der Waals surface area contributed by atoms with Gasteiger partial charge in [-0.05, 0) is 72.6 Å². The van der Waals surface area contributed by atoms with Gasteiger partial charge in [0.05, 0.1) is 26.3 Å². The van der Waals surface area contributed by atoms with Crippen LogP contribution in [0.4, 0.5) is 25.0 Å². The minimum absolute atomic E-state index is 0.131. The van der Waals surface area contributed by atoms with Gasteiger partial charge < -0.3 is 19.7 Å². The highest BCUT2D eigenvalue weighted by Crippen LogP contribution is 2.30. The standard InChI is InChI=1S/C27H25F2N3O5/c1-36-23-12-3-17(15-24(23)37-2)13-14-31-22(16-25(33)30-20-8-4-18(28)5-9-20)26(34)32(27(31)35)21-10-6-19(29)7-11-21/h3-12,15,22H,13-14,16H2,1-2H3,(H,30,33)/t22-/m0/s1. The number of rotatable bonds is 9. The molecule has 0 aliphatic carbocycles. The maximum absolute atomic E-state index is 13.5. The van der Waals surface area contributed by atoms with Gasteiger partial charge in [0.25, 0.3) is 5.91 Å². The summed E-state index contributed by atoms with van der Waals surface area (Å²) in [6, 6.07) is 13.8. The molecule has 1 heterocycles. The Morgan fingerprint density at radius 2 is 1.51 bits per heavy atom. The Bertz CT molecular complexity index is 1300. The molecule has 0 bridgehead atoms. The summed E-state index contributed by atoms with van der Waals surface area (Å²) in [5, 5.41) is 2.62. The predicted octanol–water partition coefficient (Wildman–Crippen LogP) is 4.39. The molecular weight excluding hydrogens is 484 g/mol. The van der Waals surface area contributed by atoms with E-state index in [1.165, 1.54) is 55.5 Å². The quantitative estimate of drug-likeness (QED) is 0.433. The first-order valence-corrected chi connectivity index (χ1v) is 11.5. The minimum Gasteiger partial charge on any atom is -0.493 e. The lowest BCUT2D eigenvalue weighted by Crippen LogP contribution is -2.39. The smallest absolute Gasteiger partial charge is 0.332 e. The van der Waals surface area contributed by atoms with Crippen molar-refractivity contribution in [1.29, 1.82) is 0 Å². The zero-order valence-corrected chi connectivity index (χ0v) is 20.2. The van der Waals surface area contributed by atoms with Gasteiger partial charge in [0.1, 0.15) is 17.7 Å². The van der Waals surface area contributed by atoms with Crippen LogP contribution in [0.3, 0.4) is 0 Å². The molecule has 1 fully saturated rings. The van der Waals surface area contributed by atoms with Gasteiger partial charge in [0, 0.05) is 12.2 Å². The number of hydrogen-bond donors (Lipinski definition) is 1. The summed E-state index contributed by atoms with van der Waals surface area (Å²) in [5.41, 5.74) is 1.39. The Morgan fingerprint density at radius 3 is 2.14 bits per heavy atom. The second-order valence-corrected chi connectivity index (χ2v) is 8.34. The third-order valence-electron chi connectivity index (χ3n) is 6.00. The number of nitrogens with one attached hydrogen (secondary N) is 1. The largest absolute Gasteiger partial charge is 0.493 e. The van der Waals surface area contributed by atoms with Crippen LogP contribution in [0, 0.1) is 11.6 Å². The van der Waals surface area contributed by atoms with Crippen molar-refractivity contribution in [2.24, 2.45) is 0 Å². The number of benzene rings is 3. The molecule has 1 atom stereocenters. The van der Waals surface area contributed by atoms with E-state index >= 15 is 0 Å². The average molecular weight is 510 g/mol. The fourth-order valence-electron chi connectivity index (χ4n) is 4.12. The van der Waals surface area contributed by atoms with Crippen LogP contribution in [0.15, 0.2) is 66.7 Å². The van der Waals surface area contributed by atoms with Crippen LogP contribution in [0.5, 0.6) is 11.5 Å². The summed E-state index contributed by atoms with van der Waals surface area (Å²) < 4.78 is 37.2. The molecule has 4 rings (SSSR count). The molecule has 192 valence electrons. The highest BCUT2D eigenvalue weighted by molar-refractivity contribution is 6.22. The van der Waals surface area contributed by atoms with Crippen molar-refractivity contribution in [1.82, 2.24) is 4.90 Å². The molecule has 0 aromatic heterocycles. The van der Waals surface area contributed by atoms with E-state index in [2.05, 4.69) is 5.32 Å². The number of carbonyl (C=O) groups is 3. The molecular formula is C27H25F2N3O5. The summed E-state index contributed by atoms with van der Waals surface area (Å²) in [7, 11) is 3.04. The van der Waals surface area contributed by atoms with Crippen molar-refractivity contribution < 1.29 is 32.6 Å². The Balaban J connectivity index is 1.56. The van der Waals surface area contributed by atoms with Crippen LogP contribution >= 0.6 is 0 Å². The van der Waals surface area contributed by atoms with E-state index in [4.69, 9.17) is 9.47 Å². The highest BCUT2D eigenvalue weighted by Gasteiger charge is 2.46. The molecule has 8 nitrogen and oxygen atoms in total. The van der Waals surface area contributed by atoms with Gasteiger partial charge >= 0.3 is 6.03 Å². The maximum Gasteiger partial charge on any atom is 0.332 e. The Morgan fingerprint density at radius 1 is 0.892 bits per heavy atom. The highest BCUT2D eigenvalue weighted by atomic mass is 19.1. The topological polar surface area (TPSA) is 88.2 Å². The van der Waals surface area contributed by atoms with Crippen molar-refractivity contribution in [3.05, 3.63) is 83.9 Å². The Hall–Kier alpha value is -4.47. The number of hydrogen-bond acceptors (Lipinski definition) is 5. The summed E-state index contributed by atoms with van der Waals surface area (Å²) in [4.78, 5) is 41.7. The number of amides is 4. The zero-order chi connectivity index (χ0) is 26.5. The van der Waals surface area contributed by atoms with Crippen LogP contribution in [0.25, 0.3) is 0 Å². The van der Waals surface area contributed by atoms with Crippen molar-refractivity contribution >= 4 is 29.2 Å². The predicted molar refractivity (Wildman–Crippen MR) is 133 cm³/mol. The van der Waals surface area contributed by atoms with E-state index < -0.39 is 35.5 Å². The molecule has 0 radical (unpaired) electrons. The minimum atomic E-state index is -1.09. The molecule has 1 aliphatic heterocycles. The van der Waals surface area contributed by atoms with Crippen molar-refractivity contribution in [3.8, 4) is 11.5 Å². The third-order valence-corrected chi connectivity index (χ3v) is 6.00. The van der Waals surface area contributed by atoms with Gasteiger partial charge in [0.2, 0.25) is 5.91 Å². The van der Waals surface area contributed by atoms with Crippen LogP contribution in [0.1, 0.15) is 12.0 Å². The fourth-order valence-corrected chi connectivity index (χ4v) is 4.12. The van der Waals surface area contributed by atoms with Crippen LogP contribution < -0.4 is 19.7 Å². The van der Waals surface area contributed by atoms with Crippen LogP contribution in [-0.4, -0.2) is 49.6 Å². The maximum atomic E-state index is 13.5. The SMILES string of the molecule is COc1ccc(CCN2C(=O)N(c3ccc(F)cc3)C(=O)[C@@H]2CC(=O)Nc2ccc(F)cc2)cc1OC. The molecule has 10 heteroatoms. The molecule has 0 saturated carbocycles. The summed E-state index contributed by atoms with van der Waals surface area (Å²) in [6.45, 7) is 0.131. The van der Waals surface area contributed by atoms with Crippen LogP contribution in [-0.2, 0) is 16.0 Å². The van der Waals surface area contributed by atoms with Crippen molar-refractivity contribution in [2.75, 3.05) is 31.0 Å². The van der Waals surface area contributed by atoms with E-state index in [-0.39, 0.29) is 18.7 Å². The average Bonchev–Trinajstić information content (AvgIpc) is 3.12. The zero-order valence-electron chi connectivity index (χ0n) is 20.2. The van der Waals surface area contributed by atoms with E-state index in [9.17, 15) is 23.2 Å². The molecule has 1 N–H and O–H groups in total. The number of ether oxygens (including phenoxy) is 2. The van der Waals surface area contributed by atoms with E-state index in [0.29, 0.717) is 23.6 Å². The van der Waals surface area contributed by atoms with Gasteiger partial charge in [-0.25, -0.2) is 18.5 Å². The first-order valence-electron chi connectivity index (χ1n) is 11.5. The van der Waals surface area contributed by atoms with Crippen molar-refractivity contribution in [3.63, 3.8) is 0 Å². The van der Waals surface area contributed by atoms with Gasteiger partial charge in [-0.1, -0.05) is 6.07 Å². The number of anilines is 2. The lowest BCUT2D eigenvalue weighted by atomic mass is 10.1. The fraction of sp³-hybridized carbons (Fsp3) is 0.222. The normalized spacial score (nSPS) is 15.2. The summed E-state index contributed by atoms with van der Waals surface area (Å²) >= 11 is 0. The second kappa shape index (κ2) is 11.1. The summed E-state index contributed by atoms with van der Waals surface area (Å²) in [6.07, 6.45) is 0.0539. The molecule has 0 unspecified atom stereocenters. The molecule has 37 heavy (non-hydrogen) atoms. The van der Waals surface area contributed by atoms with E-state index in [0.717, 1.165) is 22.6 Å². The van der Waals surface area contributed by atoms with Gasteiger partial charge in [0.15, 0.2) is 11.5 Å². The molecule has 1 saturated heterocycles. The first-order chi connectivity index (χ1) is 17.8. The molecule has 4 amide bonds. The van der Waals surface area contributed by atoms with E-state index in [1.54, 1.807) is 12.1 Å². The molecule has 3 aromatic rings. The number of nitrogens with zero attached hydrogens (tertiary/aromatic N) is 2.